The summed E-state index contributed by atoms with van der Waals surface area (Å²) in [6, 6.07) is 9.90. The molecule has 112 valence electrons. The highest BCUT2D eigenvalue weighted by Gasteiger charge is 2.24. The van der Waals surface area contributed by atoms with Crippen LogP contribution in [0, 0.1) is 5.92 Å². The van der Waals surface area contributed by atoms with E-state index in [1.165, 1.54) is 0 Å². The highest BCUT2D eigenvalue weighted by molar-refractivity contribution is 7.80. The molecule has 0 aromatic heterocycles. The lowest BCUT2D eigenvalue weighted by Crippen LogP contribution is -2.32. The average Bonchev–Trinajstić information content (AvgIpc) is 2.52. The van der Waals surface area contributed by atoms with Gasteiger partial charge in [-0.15, -0.1) is 0 Å². The minimum absolute atomic E-state index is 0.430. The van der Waals surface area contributed by atoms with Crippen LogP contribution in [0.5, 0.6) is 0 Å². The van der Waals surface area contributed by atoms with Crippen LogP contribution in [0.4, 0.5) is 0 Å². The van der Waals surface area contributed by atoms with Crippen LogP contribution in [-0.4, -0.2) is 22.5 Å². The number of hydroxylamine groups is 2. The Morgan fingerprint density at radius 2 is 2.19 bits per heavy atom. The monoisotopic (exact) mass is 304 g/mol. The molecule has 1 heterocycles. The number of piperidine rings is 1. The first-order valence-corrected chi connectivity index (χ1v) is 7.56. The fourth-order valence-electron chi connectivity index (χ4n) is 2.47. The van der Waals surface area contributed by atoms with Gasteiger partial charge in [-0.25, -0.2) is 9.86 Å². The van der Waals surface area contributed by atoms with Crippen molar-refractivity contribution in [2.45, 2.75) is 32.3 Å². The molecule has 4 nitrogen and oxygen atoms in total. The summed E-state index contributed by atoms with van der Waals surface area (Å²) in [6.45, 7) is 1.17. The highest BCUT2D eigenvalue weighted by Crippen LogP contribution is 2.28. The fourth-order valence-corrected chi connectivity index (χ4v) is 2.58. The Hall–Kier alpha value is -1.68. The van der Waals surface area contributed by atoms with E-state index in [4.69, 9.17) is 22.8 Å². The maximum Gasteiger partial charge on any atom is 0.148 e. The molecule has 1 aliphatic heterocycles. The molecule has 0 saturated carbocycles. The SMILES string of the molecule is NC(=S)CCC1CCN(OCc2ccccc2)C(=C=O)C1. The topological polar surface area (TPSA) is 55.6 Å². The van der Waals surface area contributed by atoms with Crippen molar-refractivity contribution in [3.63, 3.8) is 0 Å². The number of thiocarbonyl (C=S) groups is 1. The van der Waals surface area contributed by atoms with Gasteiger partial charge in [0.2, 0.25) is 0 Å². The smallest absolute Gasteiger partial charge is 0.148 e. The van der Waals surface area contributed by atoms with E-state index in [1.807, 2.05) is 36.3 Å². The van der Waals surface area contributed by atoms with Crippen molar-refractivity contribution in [2.75, 3.05) is 6.54 Å². The van der Waals surface area contributed by atoms with Crippen LogP contribution in [0.25, 0.3) is 0 Å². The summed E-state index contributed by atoms with van der Waals surface area (Å²) in [5, 5.41) is 1.68. The van der Waals surface area contributed by atoms with Crippen LogP contribution in [-0.2, 0) is 16.2 Å². The first-order chi connectivity index (χ1) is 10.2. The van der Waals surface area contributed by atoms with Crippen molar-refractivity contribution in [2.24, 2.45) is 11.7 Å². The molecule has 1 saturated heterocycles. The summed E-state index contributed by atoms with van der Waals surface area (Å²) in [4.78, 5) is 17.4. The minimum atomic E-state index is 0.430. The first-order valence-electron chi connectivity index (χ1n) is 7.15. The van der Waals surface area contributed by atoms with Crippen LogP contribution in [0.1, 0.15) is 31.2 Å². The molecule has 2 N–H and O–H groups in total. The summed E-state index contributed by atoms with van der Waals surface area (Å²) in [5.41, 5.74) is 7.20. The lowest BCUT2D eigenvalue weighted by molar-refractivity contribution is -0.155. The van der Waals surface area contributed by atoms with Gasteiger partial charge >= 0.3 is 0 Å². The second kappa shape index (κ2) is 7.93. The van der Waals surface area contributed by atoms with Crippen LogP contribution in [0.3, 0.4) is 0 Å². The van der Waals surface area contributed by atoms with Gasteiger partial charge in [-0.3, -0.25) is 4.84 Å². The van der Waals surface area contributed by atoms with Crippen LogP contribution in [0.15, 0.2) is 36.0 Å². The third-order valence-corrected chi connectivity index (χ3v) is 3.87. The predicted molar refractivity (Wildman–Crippen MR) is 85.9 cm³/mol. The van der Waals surface area contributed by atoms with E-state index in [0.717, 1.165) is 24.8 Å². The zero-order valence-electron chi connectivity index (χ0n) is 12.0. The molecule has 0 radical (unpaired) electrons. The number of nitrogens with two attached hydrogens (primary N) is 1. The standard InChI is InChI=1S/C16H20N2O2S/c17-16(21)7-6-13-8-9-18(15(10-13)11-19)20-12-14-4-2-1-3-5-14/h1-5,13H,6-10,12H2,(H2,17,21). The molecule has 1 aliphatic rings. The number of allylic oxidation sites excluding steroid dienone is 1. The molecule has 1 fully saturated rings. The van der Waals surface area contributed by atoms with Gasteiger partial charge in [0.05, 0.1) is 11.6 Å². The number of hydrogen-bond donors (Lipinski definition) is 1. The molecular formula is C16H20N2O2S. The summed E-state index contributed by atoms with van der Waals surface area (Å²) in [5.74, 6) is 2.44. The second-order valence-electron chi connectivity index (χ2n) is 5.27. The zero-order chi connectivity index (χ0) is 15.1. The molecule has 0 spiro atoms. The Labute approximate surface area is 130 Å². The Balaban J connectivity index is 1.85. The van der Waals surface area contributed by atoms with Crippen molar-refractivity contribution >= 4 is 23.1 Å². The van der Waals surface area contributed by atoms with E-state index < -0.39 is 0 Å². The molecule has 0 amide bonds. The third-order valence-electron chi connectivity index (χ3n) is 3.67. The van der Waals surface area contributed by atoms with Crippen molar-refractivity contribution in [1.29, 1.82) is 0 Å². The summed E-state index contributed by atoms with van der Waals surface area (Å²) < 4.78 is 0. The van der Waals surface area contributed by atoms with Crippen LogP contribution in [0.2, 0.25) is 0 Å². The molecule has 0 bridgehead atoms. The fraction of sp³-hybridized carbons (Fsp3) is 0.438. The van der Waals surface area contributed by atoms with Crippen molar-refractivity contribution < 1.29 is 9.63 Å². The average molecular weight is 304 g/mol. The molecule has 2 rings (SSSR count). The van der Waals surface area contributed by atoms with E-state index in [9.17, 15) is 4.79 Å². The lowest BCUT2D eigenvalue weighted by Gasteiger charge is -2.32. The largest absolute Gasteiger partial charge is 0.393 e. The number of hydrogen-bond acceptors (Lipinski definition) is 4. The quantitative estimate of drug-likeness (QED) is 0.647. The summed E-state index contributed by atoms with van der Waals surface area (Å²) in [7, 11) is 0. The molecule has 0 aliphatic carbocycles. The van der Waals surface area contributed by atoms with Gasteiger partial charge in [-0.1, -0.05) is 42.5 Å². The van der Waals surface area contributed by atoms with Crippen LogP contribution < -0.4 is 5.73 Å². The molecule has 1 unspecified atom stereocenters. The number of benzene rings is 1. The Morgan fingerprint density at radius 3 is 2.86 bits per heavy atom. The number of rotatable bonds is 6. The lowest BCUT2D eigenvalue weighted by atomic mass is 9.91. The maximum atomic E-state index is 11.1. The Bertz CT molecular complexity index is 526. The van der Waals surface area contributed by atoms with Gasteiger partial charge in [0.25, 0.3) is 0 Å². The first kappa shape index (κ1) is 15.7. The van der Waals surface area contributed by atoms with Gasteiger partial charge in [-0.2, -0.15) is 0 Å². The molecule has 1 atom stereocenters. The molecule has 1 aromatic rings. The van der Waals surface area contributed by atoms with Gasteiger partial charge in [0, 0.05) is 13.0 Å². The molecule has 21 heavy (non-hydrogen) atoms. The number of nitrogens with zero attached hydrogens (tertiary/aromatic N) is 1. The van der Waals surface area contributed by atoms with Gasteiger partial charge in [0.15, 0.2) is 0 Å². The highest BCUT2D eigenvalue weighted by atomic mass is 32.1. The Kier molecular flexibility index (Phi) is 5.93. The Morgan fingerprint density at radius 1 is 1.43 bits per heavy atom. The van der Waals surface area contributed by atoms with E-state index in [-0.39, 0.29) is 0 Å². The van der Waals surface area contributed by atoms with E-state index in [2.05, 4.69) is 0 Å². The third kappa shape index (κ3) is 4.97. The van der Waals surface area contributed by atoms with Gasteiger partial charge in [-0.05, 0) is 30.7 Å². The van der Waals surface area contributed by atoms with Crippen molar-refractivity contribution in [3.8, 4) is 0 Å². The number of carbonyl (C=O) groups excluding carboxylic acids is 1. The van der Waals surface area contributed by atoms with E-state index in [1.54, 1.807) is 5.06 Å². The van der Waals surface area contributed by atoms with Crippen LogP contribution >= 0.6 is 12.2 Å². The molecular weight excluding hydrogens is 284 g/mol. The van der Waals surface area contributed by atoms with E-state index >= 15 is 0 Å². The second-order valence-corrected chi connectivity index (χ2v) is 5.80. The van der Waals surface area contributed by atoms with Crippen molar-refractivity contribution in [3.05, 3.63) is 41.6 Å². The van der Waals surface area contributed by atoms with Gasteiger partial charge in [0.1, 0.15) is 11.6 Å². The summed E-state index contributed by atoms with van der Waals surface area (Å²) >= 11 is 4.90. The molecule has 1 aromatic carbocycles. The van der Waals surface area contributed by atoms with E-state index in [0.29, 0.717) is 36.2 Å². The minimum Gasteiger partial charge on any atom is -0.393 e. The zero-order valence-corrected chi connectivity index (χ0v) is 12.8. The van der Waals surface area contributed by atoms with Crippen molar-refractivity contribution in [1.82, 2.24) is 5.06 Å². The summed E-state index contributed by atoms with van der Waals surface area (Å²) in [6.07, 6.45) is 3.31. The predicted octanol–water partition coefficient (Wildman–Crippen LogP) is 2.61. The normalized spacial score (nSPS) is 18.4. The van der Waals surface area contributed by atoms with Gasteiger partial charge < -0.3 is 5.73 Å². The molecule has 5 heteroatoms. The maximum absolute atomic E-state index is 11.1.